The van der Waals surface area contributed by atoms with Gasteiger partial charge in [0.25, 0.3) is 10.0 Å². The second kappa shape index (κ2) is 8.71. The van der Waals surface area contributed by atoms with Crippen LogP contribution in [0.1, 0.15) is 13.2 Å². The van der Waals surface area contributed by atoms with E-state index in [0.29, 0.717) is 10.7 Å². The van der Waals surface area contributed by atoms with Crippen LogP contribution in [0.4, 0.5) is 10.5 Å². The van der Waals surface area contributed by atoms with Crippen molar-refractivity contribution in [3.63, 3.8) is 0 Å². The van der Waals surface area contributed by atoms with Gasteiger partial charge in [-0.3, -0.25) is 0 Å². The fraction of sp³-hybridized carbons (Fsp3) is 0.154. The Morgan fingerprint density at radius 3 is 2.48 bits per heavy atom. The van der Waals surface area contributed by atoms with E-state index in [4.69, 9.17) is 23.2 Å². The topological polar surface area (TPSA) is 75.3 Å². The van der Waals surface area contributed by atoms with Crippen LogP contribution in [0.2, 0.25) is 10.0 Å². The summed E-state index contributed by atoms with van der Waals surface area (Å²) < 4.78 is 26.2. The maximum absolute atomic E-state index is 12.1. The van der Waals surface area contributed by atoms with E-state index in [-0.39, 0.29) is 40.2 Å². The molecule has 2 amide bonds. The number of halogens is 2. The number of nitrogens with one attached hydrogen (secondary N) is 2. The van der Waals surface area contributed by atoms with E-state index >= 15 is 0 Å². The number of benzene rings is 1. The third-order valence-electron chi connectivity index (χ3n) is 2.65. The fourth-order valence-electron chi connectivity index (χ4n) is 1.60. The van der Waals surface area contributed by atoms with Gasteiger partial charge in [0, 0.05) is 10.6 Å². The molecule has 1 aromatic heterocycles. The number of hydrogen-bond donors (Lipinski definition) is 2. The van der Waals surface area contributed by atoms with Crippen molar-refractivity contribution in [3.05, 3.63) is 45.3 Å². The Labute approximate surface area is 172 Å². The molecular formula is C13H13Cl2N2NaO3S2. The zero-order valence-corrected chi connectivity index (χ0v) is 17.5. The molecule has 0 aliphatic heterocycles. The van der Waals surface area contributed by atoms with Gasteiger partial charge in [0.15, 0.2) is 0 Å². The van der Waals surface area contributed by atoms with Crippen LogP contribution >= 0.6 is 34.5 Å². The number of thiophene rings is 1. The third kappa shape index (κ3) is 5.63. The summed E-state index contributed by atoms with van der Waals surface area (Å²) in [5, 5.41) is 2.99. The van der Waals surface area contributed by atoms with E-state index in [0.717, 1.165) is 22.6 Å². The van der Waals surface area contributed by atoms with E-state index in [2.05, 4.69) is 5.32 Å². The molecule has 0 atom stereocenters. The van der Waals surface area contributed by atoms with Gasteiger partial charge in [-0.25, -0.2) is 17.9 Å². The van der Waals surface area contributed by atoms with Gasteiger partial charge < -0.3 is 6.74 Å². The Morgan fingerprint density at radius 2 is 1.91 bits per heavy atom. The maximum Gasteiger partial charge on any atom is 1.00 e. The van der Waals surface area contributed by atoms with Crippen LogP contribution in [0.25, 0.3) is 0 Å². The molecule has 0 saturated heterocycles. The molecule has 10 heteroatoms. The first kappa shape index (κ1) is 20.8. The zero-order valence-electron chi connectivity index (χ0n) is 13.4. The molecule has 0 aliphatic rings. The average molecular weight is 403 g/mol. The van der Waals surface area contributed by atoms with Gasteiger partial charge in [-0.05, 0) is 36.8 Å². The molecule has 0 aliphatic carbocycles. The van der Waals surface area contributed by atoms with E-state index in [1.807, 2.05) is 11.6 Å². The van der Waals surface area contributed by atoms with Crippen molar-refractivity contribution in [3.8, 4) is 0 Å². The summed E-state index contributed by atoms with van der Waals surface area (Å²) in [4.78, 5) is 12.7. The van der Waals surface area contributed by atoms with E-state index in [9.17, 15) is 13.2 Å². The van der Waals surface area contributed by atoms with Crippen molar-refractivity contribution in [2.75, 3.05) is 5.32 Å². The second-order valence-electron chi connectivity index (χ2n) is 4.26. The molecule has 1 heterocycles. The first-order valence-corrected chi connectivity index (χ1v) is 9.25. The van der Waals surface area contributed by atoms with Gasteiger partial charge in [-0.2, -0.15) is 0 Å². The number of urea groups is 1. The molecule has 5 nitrogen and oxygen atoms in total. The summed E-state index contributed by atoms with van der Waals surface area (Å²) in [7, 11) is -3.89. The Bertz CT molecular complexity index is 815. The number of carbonyl (C=O) groups is 1. The van der Waals surface area contributed by atoms with Crippen LogP contribution < -0.4 is 39.6 Å². The SMILES string of the molecule is CCc1ccc(S(=O)(=O)NC(=O)Nc2ccc(Cl)c(Cl)c2)s1.[H-].[Na+]. The summed E-state index contributed by atoms with van der Waals surface area (Å²) in [6.07, 6.45) is 0.732. The Kier molecular flexibility index (Phi) is 7.86. The Balaban J connectivity index is 0.00000264. The van der Waals surface area contributed by atoms with Crippen molar-refractivity contribution in [1.82, 2.24) is 4.72 Å². The van der Waals surface area contributed by atoms with Crippen LogP contribution in [0.3, 0.4) is 0 Å². The number of rotatable bonds is 4. The number of sulfonamides is 1. The molecule has 1 aromatic carbocycles. The number of carbonyl (C=O) groups excluding carboxylic acids is 1. The number of amides is 2. The van der Waals surface area contributed by atoms with Crippen molar-refractivity contribution in [2.45, 2.75) is 17.6 Å². The van der Waals surface area contributed by atoms with Crippen molar-refractivity contribution in [2.24, 2.45) is 0 Å². The minimum absolute atomic E-state index is 0. The standard InChI is InChI=1S/C13H12Cl2N2O3S2.Na.H/c1-2-9-4-6-12(21-9)22(19,20)17-13(18)16-8-3-5-10(14)11(15)7-8;;/h3-7H,2H2,1H3,(H2,16,17,18);;/q;+1;-1. The molecule has 120 valence electrons. The minimum atomic E-state index is -3.89. The fourth-order valence-corrected chi connectivity index (χ4v) is 4.10. The largest absolute Gasteiger partial charge is 1.00 e. The first-order chi connectivity index (χ1) is 10.3. The second-order valence-corrected chi connectivity index (χ2v) is 8.15. The summed E-state index contributed by atoms with van der Waals surface area (Å²) >= 11 is 12.7. The molecular weight excluding hydrogens is 390 g/mol. The van der Waals surface area contributed by atoms with Gasteiger partial charge >= 0.3 is 35.6 Å². The summed E-state index contributed by atoms with van der Waals surface area (Å²) in [5.41, 5.74) is 0.336. The first-order valence-electron chi connectivity index (χ1n) is 6.19. The van der Waals surface area contributed by atoms with Crippen LogP contribution in [-0.4, -0.2) is 14.4 Å². The molecule has 0 radical (unpaired) electrons. The molecule has 2 N–H and O–H groups in total. The molecule has 2 aromatic rings. The van der Waals surface area contributed by atoms with Crippen LogP contribution in [0.15, 0.2) is 34.5 Å². The zero-order chi connectivity index (χ0) is 16.3. The summed E-state index contributed by atoms with van der Waals surface area (Å²) in [5.74, 6) is 0. The van der Waals surface area contributed by atoms with Crippen molar-refractivity contribution < 1.29 is 44.2 Å². The van der Waals surface area contributed by atoms with Crippen LogP contribution in [0.5, 0.6) is 0 Å². The van der Waals surface area contributed by atoms with Crippen LogP contribution in [0, 0.1) is 0 Å². The monoisotopic (exact) mass is 402 g/mol. The third-order valence-corrected chi connectivity index (χ3v) is 6.45. The molecule has 0 saturated carbocycles. The maximum atomic E-state index is 12.1. The number of aryl methyl sites for hydroxylation is 1. The predicted molar refractivity (Wildman–Crippen MR) is 90.6 cm³/mol. The molecule has 2 rings (SSSR count). The van der Waals surface area contributed by atoms with Crippen LogP contribution in [-0.2, 0) is 16.4 Å². The van der Waals surface area contributed by atoms with E-state index in [1.165, 1.54) is 24.3 Å². The average Bonchev–Trinajstić information content (AvgIpc) is 2.92. The molecule has 0 spiro atoms. The smallest absolute Gasteiger partial charge is 1.00 e. The van der Waals surface area contributed by atoms with E-state index in [1.54, 1.807) is 6.07 Å². The normalized spacial score (nSPS) is 10.7. The predicted octanol–water partition coefficient (Wildman–Crippen LogP) is 1.24. The summed E-state index contributed by atoms with van der Waals surface area (Å²) in [6.45, 7) is 1.92. The Hall–Kier alpha value is -0.280. The quantitative estimate of drug-likeness (QED) is 0.755. The van der Waals surface area contributed by atoms with E-state index < -0.39 is 16.1 Å². The van der Waals surface area contributed by atoms with Crippen molar-refractivity contribution >= 4 is 56.3 Å². The van der Waals surface area contributed by atoms with Gasteiger partial charge in [0.2, 0.25) is 0 Å². The van der Waals surface area contributed by atoms with Crippen molar-refractivity contribution in [1.29, 1.82) is 0 Å². The van der Waals surface area contributed by atoms with Gasteiger partial charge in [-0.1, -0.05) is 30.1 Å². The summed E-state index contributed by atoms with van der Waals surface area (Å²) in [6, 6.07) is 6.76. The number of anilines is 1. The molecule has 0 unspecified atom stereocenters. The molecule has 23 heavy (non-hydrogen) atoms. The molecule has 0 fully saturated rings. The minimum Gasteiger partial charge on any atom is -1.00 e. The van der Waals surface area contributed by atoms with Gasteiger partial charge in [0.05, 0.1) is 10.0 Å². The molecule has 0 bridgehead atoms. The Morgan fingerprint density at radius 1 is 1.22 bits per heavy atom. The van der Waals surface area contributed by atoms with Gasteiger partial charge in [0.1, 0.15) is 4.21 Å². The van der Waals surface area contributed by atoms with Gasteiger partial charge in [-0.15, -0.1) is 11.3 Å². The number of hydrogen-bond acceptors (Lipinski definition) is 4.